The Balaban J connectivity index is 0.000000176. The number of piperidine rings is 6. The lowest BCUT2D eigenvalue weighted by Gasteiger charge is -2.44. The zero-order valence-electron chi connectivity index (χ0n) is 84.7. The maximum Gasteiger partial charge on any atom is 0.223 e. The number of ether oxygens (including phenoxy) is 4. The second kappa shape index (κ2) is 51.2. The van der Waals surface area contributed by atoms with Gasteiger partial charge in [-0.15, -0.1) is 5.10 Å². The minimum Gasteiger partial charge on any atom is -0.395 e. The Bertz CT molecular complexity index is 3580. The molecule has 0 aliphatic carbocycles. The molecule has 14 rings (SSSR count). The fourth-order valence-electron chi connectivity index (χ4n) is 20.6. The molecule has 30 heteroatoms. The minimum atomic E-state index is -0.0423. The Labute approximate surface area is 783 Å². The maximum atomic E-state index is 12.3. The number of aromatic nitrogens is 5. The average Bonchev–Trinajstić information content (AvgIpc) is 1.03. The first kappa shape index (κ1) is 108. The normalized spacial score (nSPS) is 23.9. The molecule has 0 bridgehead atoms. The molecule has 0 radical (unpaired) electrons. The van der Waals surface area contributed by atoms with E-state index in [1.165, 1.54) is 44.5 Å². The molecule has 12 aliphatic rings. The van der Waals surface area contributed by atoms with Gasteiger partial charge in [-0.2, -0.15) is 5.10 Å². The fourth-order valence-corrected chi connectivity index (χ4v) is 20.6. The lowest BCUT2D eigenvalue weighted by atomic mass is 9.90. The van der Waals surface area contributed by atoms with Crippen LogP contribution >= 0.6 is 0 Å². The number of morpholine rings is 3. The summed E-state index contributed by atoms with van der Waals surface area (Å²) in [6, 6.07) is 5.66. The van der Waals surface area contributed by atoms with Crippen LogP contribution in [0, 0.1) is 38.4 Å². The number of likely N-dealkylation sites (tertiary alicyclic amines) is 6. The SMILES string of the molecule is CC(=O)N1CCN(CC2CCN(C(=O)CC(C)(C)C)CC2)CC1.CC(C)(C)CC(=O)N1CCC(N2CCOCC2CO)CC1.CC(C)(C)CC(=O)N1CCC(N2CCO[C@@H](CO)C2)CC1.CC(C)(C)CC(=O)N1CCC(N2CCO[C@H](CO)C2)CC1.CC(C)(C)CC(=O)N1CCC(N2CCn3nccc3C2)CC1.CC(C)(C)Cc1cn(C2CCN(C3CCOCC3)CC2)nn1. The zero-order valence-corrected chi connectivity index (χ0v) is 84.7. The summed E-state index contributed by atoms with van der Waals surface area (Å²) in [6.45, 7) is 68.6. The molecule has 0 saturated carbocycles. The molecule has 6 amide bonds. The Morgan fingerprint density at radius 2 is 0.785 bits per heavy atom. The van der Waals surface area contributed by atoms with E-state index in [2.05, 4.69) is 201 Å². The molecule has 11 saturated heterocycles. The van der Waals surface area contributed by atoms with Crippen molar-refractivity contribution in [2.24, 2.45) is 38.4 Å². The molecule has 1 unspecified atom stereocenters. The van der Waals surface area contributed by atoms with Crippen molar-refractivity contribution >= 4 is 35.4 Å². The highest BCUT2D eigenvalue weighted by molar-refractivity contribution is 5.79. The van der Waals surface area contributed by atoms with Crippen LogP contribution in [0.25, 0.3) is 0 Å². The van der Waals surface area contributed by atoms with E-state index in [1.807, 2.05) is 25.8 Å². The van der Waals surface area contributed by atoms with Crippen molar-refractivity contribution in [2.45, 2.75) is 328 Å². The van der Waals surface area contributed by atoms with Crippen molar-refractivity contribution in [2.75, 3.05) is 210 Å². The predicted octanol–water partition coefficient (Wildman–Crippen LogP) is 9.95. The number of fused-ring (bicyclic) bond motifs is 1. The number of hydrogen-bond donors (Lipinski definition) is 3. The summed E-state index contributed by atoms with van der Waals surface area (Å²) in [5, 5.41) is 41.0. The molecule has 0 spiro atoms. The lowest BCUT2D eigenvalue weighted by molar-refractivity contribution is -0.136. The van der Waals surface area contributed by atoms with Crippen LogP contribution in [0.5, 0.6) is 0 Å². The molecule has 2 aromatic heterocycles. The van der Waals surface area contributed by atoms with Crippen molar-refractivity contribution in [1.29, 1.82) is 0 Å². The number of amides is 6. The van der Waals surface area contributed by atoms with Crippen molar-refractivity contribution in [1.82, 2.24) is 83.6 Å². The number of piperazine rings is 1. The van der Waals surface area contributed by atoms with Crippen molar-refractivity contribution in [3.8, 4) is 0 Å². The van der Waals surface area contributed by atoms with Crippen molar-refractivity contribution < 1.29 is 63.0 Å². The number of carbonyl (C=O) groups is 6. The van der Waals surface area contributed by atoms with Crippen LogP contribution in [0.3, 0.4) is 0 Å². The number of nitrogens with zero attached hydrogens (tertiary/aromatic N) is 17. The Morgan fingerprint density at radius 1 is 0.385 bits per heavy atom. The number of hydrogen-bond acceptors (Lipinski definition) is 22. The number of carbonyl (C=O) groups excluding carboxylic acids is 6. The van der Waals surface area contributed by atoms with E-state index in [1.54, 1.807) is 6.92 Å². The van der Waals surface area contributed by atoms with E-state index in [0.29, 0.717) is 99.9 Å². The smallest absolute Gasteiger partial charge is 0.223 e. The molecule has 3 atom stereocenters. The zero-order chi connectivity index (χ0) is 94.7. The first-order valence-electron chi connectivity index (χ1n) is 50.6. The summed E-state index contributed by atoms with van der Waals surface area (Å²) in [4.78, 5) is 99.8. The van der Waals surface area contributed by atoms with Gasteiger partial charge in [-0.1, -0.05) is 130 Å². The highest BCUT2D eigenvalue weighted by atomic mass is 16.5. The van der Waals surface area contributed by atoms with Crippen molar-refractivity contribution in [3.05, 3.63) is 29.8 Å². The number of aliphatic hydroxyl groups excluding tert-OH is 3. The van der Waals surface area contributed by atoms with Gasteiger partial charge in [0.15, 0.2) is 0 Å². The lowest BCUT2D eigenvalue weighted by Crippen LogP contribution is -2.55. The molecule has 130 heavy (non-hydrogen) atoms. The summed E-state index contributed by atoms with van der Waals surface area (Å²) in [6.07, 6.45) is 23.5. The van der Waals surface area contributed by atoms with E-state index < -0.39 is 0 Å². The number of rotatable bonds is 17. The van der Waals surface area contributed by atoms with Crippen LogP contribution in [-0.4, -0.2) is 393 Å². The van der Waals surface area contributed by atoms with E-state index in [9.17, 15) is 44.1 Å². The van der Waals surface area contributed by atoms with Crippen LogP contribution in [0.15, 0.2) is 18.5 Å². The summed E-state index contributed by atoms with van der Waals surface area (Å²) in [5.41, 5.74) is 3.05. The Morgan fingerprint density at radius 3 is 1.18 bits per heavy atom. The standard InChI is InChI=1S/C18H33N3O2.C17H30N4O.C17H28N4O.3C16H30N2O3/c1-15(22)20-11-9-19(10-12-20)14-16-5-7-21(8-6-16)17(23)13-18(2,3)4;1-17(2,3)12-14-13-21(19-18-14)16-4-8-20(9-5-16)15-6-10-22-11-7-15;1-17(2,3)12-16(22)19-8-5-14(6-9-19)20-10-11-21-15(13-20)4-7-18-21;1-16(2,3)10-15(20)17-6-4-13(5-7-17)18-8-9-21-12-14(18)11-19;2*1-16(2,3)10-15(20)17-6-4-13(5-7-17)18-8-9-21-14(11-18)12-19/h16H,5-14H2,1-4H3;13,15-16H,4-12H2,1-3H3;4,7,14H,5-6,8-13H2,1-3H3;3*13-14,19H,4-12H2,1-3H3/t;;;;2*14-/m....10/s1. The molecule has 11 fully saturated rings. The highest BCUT2D eigenvalue weighted by Crippen LogP contribution is 2.34. The van der Waals surface area contributed by atoms with Gasteiger partial charge in [0.2, 0.25) is 35.4 Å². The summed E-state index contributed by atoms with van der Waals surface area (Å²) < 4.78 is 26.2. The van der Waals surface area contributed by atoms with Gasteiger partial charge in [0.1, 0.15) is 0 Å². The van der Waals surface area contributed by atoms with E-state index >= 15 is 0 Å². The first-order valence-corrected chi connectivity index (χ1v) is 50.6. The molecular formula is C100H181N17O13. The molecular weight excluding hydrogens is 1650 g/mol. The highest BCUT2D eigenvalue weighted by Gasteiger charge is 2.39. The molecule has 12 aliphatic heterocycles. The molecule has 30 nitrogen and oxygen atoms in total. The van der Waals surface area contributed by atoms with E-state index in [0.717, 1.165) is 253 Å². The third kappa shape index (κ3) is 37.6. The van der Waals surface area contributed by atoms with Crippen molar-refractivity contribution in [3.63, 3.8) is 0 Å². The van der Waals surface area contributed by atoms with Crippen LogP contribution in [-0.2, 0) is 67.2 Å². The van der Waals surface area contributed by atoms with Gasteiger partial charge in [-0.05, 0) is 141 Å². The Hall–Kier alpha value is -5.35. The van der Waals surface area contributed by atoms with Gasteiger partial charge in [0, 0.05) is 252 Å². The van der Waals surface area contributed by atoms with Gasteiger partial charge in [-0.25, -0.2) is 4.68 Å². The van der Waals surface area contributed by atoms with Crippen LogP contribution in [0.2, 0.25) is 0 Å². The quantitative estimate of drug-likeness (QED) is 0.133. The van der Waals surface area contributed by atoms with Crippen LogP contribution < -0.4 is 0 Å². The Kier molecular flexibility index (Phi) is 42.6. The van der Waals surface area contributed by atoms with Gasteiger partial charge in [0.25, 0.3) is 0 Å². The summed E-state index contributed by atoms with van der Waals surface area (Å²) >= 11 is 0. The summed E-state index contributed by atoms with van der Waals surface area (Å²) in [7, 11) is 0. The van der Waals surface area contributed by atoms with E-state index in [-0.39, 0.29) is 94.2 Å². The largest absolute Gasteiger partial charge is 0.395 e. The number of aliphatic hydroxyl groups is 3. The fraction of sp³-hybridized carbons (Fsp3) is 0.890. The second-order valence-corrected chi connectivity index (χ2v) is 46.8. The second-order valence-electron chi connectivity index (χ2n) is 46.8. The predicted molar refractivity (Wildman–Crippen MR) is 511 cm³/mol. The third-order valence-corrected chi connectivity index (χ3v) is 27.8. The summed E-state index contributed by atoms with van der Waals surface area (Å²) in [5.74, 6) is 2.37. The van der Waals surface area contributed by atoms with Crippen LogP contribution in [0.4, 0.5) is 0 Å². The third-order valence-electron chi connectivity index (χ3n) is 27.8. The molecule has 2 aromatic rings. The average molecular weight is 1830 g/mol. The van der Waals surface area contributed by atoms with Crippen LogP contribution in [0.1, 0.15) is 271 Å². The van der Waals surface area contributed by atoms with E-state index in [4.69, 9.17) is 18.9 Å². The van der Waals surface area contributed by atoms with Gasteiger partial charge < -0.3 is 68.6 Å². The minimum absolute atomic E-state index is 0.0423. The molecule has 14 heterocycles. The van der Waals surface area contributed by atoms with Gasteiger partial charge in [-0.3, -0.25) is 57.9 Å². The molecule has 3 N–H and O–H groups in total. The molecule has 744 valence electrons. The topological polar surface area (TPSA) is 287 Å². The maximum absolute atomic E-state index is 12.3. The van der Waals surface area contributed by atoms with Gasteiger partial charge in [0.05, 0.1) is 88.5 Å². The first-order chi connectivity index (χ1) is 61.4. The monoisotopic (exact) mass is 1830 g/mol. The van der Waals surface area contributed by atoms with Gasteiger partial charge >= 0.3 is 0 Å². The molecule has 0 aromatic carbocycles.